The fourth-order valence-corrected chi connectivity index (χ4v) is 2.15. The summed E-state index contributed by atoms with van der Waals surface area (Å²) in [5, 5.41) is 0. The summed E-state index contributed by atoms with van der Waals surface area (Å²) in [4.78, 5) is 3.64. The molecule has 0 saturated heterocycles. The summed E-state index contributed by atoms with van der Waals surface area (Å²) < 4.78 is 0. The molecule has 0 aliphatic carbocycles. The zero-order chi connectivity index (χ0) is 9.40. The normalized spacial score (nSPS) is 13.8. The molecule has 0 aromatic carbocycles. The molecule has 0 saturated carbocycles. The molecule has 0 bridgehead atoms. The van der Waals surface area contributed by atoms with Gasteiger partial charge in [-0.25, -0.2) is 0 Å². The smallest absolute Gasteiger partial charge is 0.102 e. The van der Waals surface area contributed by atoms with Gasteiger partial charge >= 0.3 is 0 Å². The number of rotatable bonds is 7. The first-order valence-electron chi connectivity index (χ1n) is 5.44. The highest BCUT2D eigenvalue weighted by Crippen LogP contribution is 2.10. The maximum atomic E-state index is 3.64. The number of unbranched alkanes of at least 4 members (excludes halogenated alkanes) is 1. The van der Waals surface area contributed by atoms with Crippen LogP contribution in [0.5, 0.6) is 0 Å². The van der Waals surface area contributed by atoms with E-state index in [9.17, 15) is 0 Å². The van der Waals surface area contributed by atoms with Gasteiger partial charge in [-0.2, -0.15) is 0 Å². The van der Waals surface area contributed by atoms with Gasteiger partial charge in [-0.1, -0.05) is 46.2 Å². The summed E-state index contributed by atoms with van der Waals surface area (Å²) in [7, 11) is -0.524. The Morgan fingerprint density at radius 2 is 1.92 bits per heavy atom. The van der Waals surface area contributed by atoms with Crippen LogP contribution >= 0.6 is 0 Å². The van der Waals surface area contributed by atoms with E-state index < -0.39 is 8.96 Å². The molecule has 0 aliphatic heterocycles. The van der Waals surface area contributed by atoms with Gasteiger partial charge in [0.25, 0.3) is 0 Å². The number of nitrogens with one attached hydrogen (secondary N) is 1. The van der Waals surface area contributed by atoms with Crippen LogP contribution in [-0.4, -0.2) is 15.5 Å². The average molecular weight is 187 g/mol. The lowest BCUT2D eigenvalue weighted by molar-refractivity contribution is 0.448. The molecule has 12 heavy (non-hydrogen) atoms. The second-order valence-electron chi connectivity index (χ2n) is 3.98. The Balaban J connectivity index is 3.39. The van der Waals surface area contributed by atoms with Crippen LogP contribution in [0, 0.1) is 5.92 Å². The van der Waals surface area contributed by atoms with Crippen LogP contribution < -0.4 is 4.98 Å². The minimum atomic E-state index is -0.524. The number of hydrogen-bond donors (Lipinski definition) is 1. The standard InChI is InChI=1S/C10H25NSi/c1-5-7-8-10(6-2)9-11-12(3)4/h10-12H,5-9H2,1-4H3. The Hall–Kier alpha value is 0.177. The molecule has 0 amide bonds. The van der Waals surface area contributed by atoms with E-state index in [0.29, 0.717) is 0 Å². The largest absolute Gasteiger partial charge is 0.340 e. The number of hydrogen-bond acceptors (Lipinski definition) is 1. The predicted octanol–water partition coefficient (Wildman–Crippen LogP) is 2.78. The first-order valence-corrected chi connectivity index (χ1v) is 8.32. The second kappa shape index (κ2) is 7.81. The van der Waals surface area contributed by atoms with E-state index in [-0.39, 0.29) is 0 Å². The van der Waals surface area contributed by atoms with Gasteiger partial charge in [0.15, 0.2) is 0 Å². The molecule has 1 unspecified atom stereocenters. The Kier molecular flexibility index (Phi) is 7.92. The van der Waals surface area contributed by atoms with Crippen molar-refractivity contribution in [1.82, 2.24) is 4.98 Å². The summed E-state index contributed by atoms with van der Waals surface area (Å²) in [6.07, 6.45) is 5.50. The van der Waals surface area contributed by atoms with Gasteiger partial charge in [0.2, 0.25) is 0 Å². The van der Waals surface area contributed by atoms with Crippen molar-refractivity contribution in [2.75, 3.05) is 6.54 Å². The van der Waals surface area contributed by atoms with Crippen molar-refractivity contribution in [3.05, 3.63) is 0 Å². The van der Waals surface area contributed by atoms with Gasteiger partial charge in [-0.3, -0.25) is 0 Å². The fourth-order valence-electron chi connectivity index (χ4n) is 1.35. The Labute approximate surface area is 79.6 Å². The van der Waals surface area contributed by atoms with E-state index in [0.717, 1.165) is 5.92 Å². The monoisotopic (exact) mass is 187 g/mol. The van der Waals surface area contributed by atoms with Crippen molar-refractivity contribution in [1.29, 1.82) is 0 Å². The third-order valence-corrected chi connectivity index (χ3v) is 3.41. The Morgan fingerprint density at radius 3 is 2.33 bits per heavy atom. The van der Waals surface area contributed by atoms with Crippen molar-refractivity contribution < 1.29 is 0 Å². The summed E-state index contributed by atoms with van der Waals surface area (Å²) in [6.45, 7) is 10.6. The van der Waals surface area contributed by atoms with Gasteiger partial charge in [0.1, 0.15) is 8.96 Å². The van der Waals surface area contributed by atoms with Gasteiger partial charge in [0.05, 0.1) is 0 Å². The minimum absolute atomic E-state index is 0.524. The van der Waals surface area contributed by atoms with Crippen molar-refractivity contribution in [3.8, 4) is 0 Å². The van der Waals surface area contributed by atoms with E-state index in [1.54, 1.807) is 0 Å². The van der Waals surface area contributed by atoms with E-state index in [2.05, 4.69) is 31.9 Å². The van der Waals surface area contributed by atoms with Crippen LogP contribution in [-0.2, 0) is 0 Å². The molecule has 1 atom stereocenters. The van der Waals surface area contributed by atoms with E-state index in [1.165, 1.54) is 32.2 Å². The highest BCUT2D eigenvalue weighted by molar-refractivity contribution is 6.52. The molecular formula is C10H25NSi. The van der Waals surface area contributed by atoms with Gasteiger partial charge in [-0.15, -0.1) is 0 Å². The fraction of sp³-hybridized carbons (Fsp3) is 1.00. The first kappa shape index (κ1) is 12.2. The molecule has 2 heteroatoms. The molecule has 0 spiro atoms. The minimum Gasteiger partial charge on any atom is -0.340 e. The SMILES string of the molecule is CCCCC(CC)CN[SiH](C)C. The lowest BCUT2D eigenvalue weighted by Crippen LogP contribution is -2.32. The molecule has 0 radical (unpaired) electrons. The molecule has 0 heterocycles. The highest BCUT2D eigenvalue weighted by Gasteiger charge is 2.05. The first-order chi connectivity index (χ1) is 5.70. The van der Waals surface area contributed by atoms with Crippen LogP contribution in [0.2, 0.25) is 13.1 Å². The Morgan fingerprint density at radius 1 is 1.25 bits per heavy atom. The van der Waals surface area contributed by atoms with Crippen molar-refractivity contribution in [2.45, 2.75) is 52.6 Å². The third kappa shape index (κ3) is 6.86. The summed E-state index contributed by atoms with van der Waals surface area (Å²) in [6, 6.07) is 0. The van der Waals surface area contributed by atoms with E-state index >= 15 is 0 Å². The quantitative estimate of drug-likeness (QED) is 0.604. The summed E-state index contributed by atoms with van der Waals surface area (Å²) in [5.74, 6) is 0.930. The maximum Gasteiger partial charge on any atom is 0.102 e. The molecule has 0 fully saturated rings. The van der Waals surface area contributed by atoms with Crippen molar-refractivity contribution in [3.63, 3.8) is 0 Å². The average Bonchev–Trinajstić information content (AvgIpc) is 2.05. The molecule has 1 N–H and O–H groups in total. The summed E-state index contributed by atoms with van der Waals surface area (Å²) in [5.41, 5.74) is 0. The highest BCUT2D eigenvalue weighted by atomic mass is 28.3. The van der Waals surface area contributed by atoms with Crippen LogP contribution in [0.1, 0.15) is 39.5 Å². The molecule has 74 valence electrons. The Bertz CT molecular complexity index is 93.8. The molecule has 0 aliphatic rings. The molecule has 1 nitrogen and oxygen atoms in total. The lowest BCUT2D eigenvalue weighted by atomic mass is 10.00. The molecule has 0 aromatic heterocycles. The third-order valence-electron chi connectivity index (χ3n) is 2.36. The van der Waals surface area contributed by atoms with Crippen LogP contribution in [0.15, 0.2) is 0 Å². The van der Waals surface area contributed by atoms with Crippen molar-refractivity contribution >= 4 is 8.96 Å². The van der Waals surface area contributed by atoms with Crippen LogP contribution in [0.4, 0.5) is 0 Å². The second-order valence-corrected chi connectivity index (χ2v) is 6.70. The summed E-state index contributed by atoms with van der Waals surface area (Å²) >= 11 is 0. The molecule has 0 aromatic rings. The van der Waals surface area contributed by atoms with E-state index in [1.807, 2.05) is 0 Å². The van der Waals surface area contributed by atoms with Crippen LogP contribution in [0.3, 0.4) is 0 Å². The van der Waals surface area contributed by atoms with Gasteiger partial charge in [0, 0.05) is 0 Å². The van der Waals surface area contributed by atoms with Gasteiger partial charge < -0.3 is 4.98 Å². The zero-order valence-corrected chi connectivity index (χ0v) is 10.3. The van der Waals surface area contributed by atoms with Crippen LogP contribution in [0.25, 0.3) is 0 Å². The molecule has 0 rings (SSSR count). The maximum absolute atomic E-state index is 3.64. The molecular weight excluding hydrogens is 162 g/mol. The predicted molar refractivity (Wildman–Crippen MR) is 60.2 cm³/mol. The topological polar surface area (TPSA) is 12.0 Å². The lowest BCUT2D eigenvalue weighted by Gasteiger charge is -2.16. The zero-order valence-electron chi connectivity index (χ0n) is 9.19. The van der Waals surface area contributed by atoms with Gasteiger partial charge in [-0.05, 0) is 18.9 Å². The van der Waals surface area contributed by atoms with E-state index in [4.69, 9.17) is 0 Å². The van der Waals surface area contributed by atoms with Crippen molar-refractivity contribution in [2.24, 2.45) is 5.92 Å².